The van der Waals surface area contributed by atoms with Gasteiger partial charge in [-0.2, -0.15) is 12.7 Å². The molecule has 2 rings (SSSR count). The molecule has 1 unspecified atom stereocenters. The smallest absolute Gasteiger partial charge is 0.276 e. The van der Waals surface area contributed by atoms with Gasteiger partial charge in [-0.25, -0.2) is 5.14 Å². The number of piperidine rings is 1. The van der Waals surface area contributed by atoms with Crippen LogP contribution in [0.1, 0.15) is 19.3 Å². The highest BCUT2D eigenvalue weighted by Gasteiger charge is 2.69. The van der Waals surface area contributed by atoms with Crippen LogP contribution in [0.25, 0.3) is 0 Å². The second-order valence-corrected chi connectivity index (χ2v) is 6.22. The first-order chi connectivity index (χ1) is 7.21. The average Bonchev–Trinajstić information content (AvgIpc) is 2.72. The Kier molecular flexibility index (Phi) is 2.32. The van der Waals surface area contributed by atoms with Crippen molar-refractivity contribution in [1.29, 1.82) is 5.41 Å². The highest BCUT2D eigenvalue weighted by atomic mass is 32.2. The van der Waals surface area contributed by atoms with Crippen molar-refractivity contribution in [1.82, 2.24) is 4.31 Å². The van der Waals surface area contributed by atoms with Gasteiger partial charge in [0.2, 0.25) is 0 Å². The Morgan fingerprint density at radius 2 is 1.88 bits per heavy atom. The molecule has 1 aliphatic carbocycles. The molecule has 0 aromatic heterocycles. The fourth-order valence-corrected chi connectivity index (χ4v) is 3.28. The number of hydrogen-bond acceptors (Lipinski definition) is 4. The van der Waals surface area contributed by atoms with Gasteiger partial charge in [0.05, 0.1) is 0 Å². The molecule has 1 spiro atoms. The largest absolute Gasteiger partial charge is 0.385 e. The van der Waals surface area contributed by atoms with Crippen LogP contribution in [-0.4, -0.2) is 42.4 Å². The third kappa shape index (κ3) is 1.53. The minimum absolute atomic E-state index is 0.225. The minimum Gasteiger partial charge on any atom is -0.385 e. The van der Waals surface area contributed by atoms with E-state index < -0.39 is 21.2 Å². The molecule has 2 fully saturated rings. The van der Waals surface area contributed by atoms with E-state index in [1.54, 1.807) is 0 Å². The molecule has 1 atom stereocenters. The SMILES string of the molecule is N=C(N)C1(O)CC12CCN(S(N)(=O)=O)CC2. The fraction of sp³-hybridized carbons (Fsp3) is 0.875. The van der Waals surface area contributed by atoms with Crippen LogP contribution < -0.4 is 10.9 Å². The molecule has 7 nitrogen and oxygen atoms in total. The van der Waals surface area contributed by atoms with Gasteiger partial charge in [0.25, 0.3) is 10.2 Å². The lowest BCUT2D eigenvalue weighted by molar-refractivity contribution is 0.125. The Balaban J connectivity index is 2.06. The molecular formula is C8H16N4O3S. The van der Waals surface area contributed by atoms with Crippen molar-refractivity contribution in [3.63, 3.8) is 0 Å². The summed E-state index contributed by atoms with van der Waals surface area (Å²) >= 11 is 0. The Labute approximate surface area is 94.1 Å². The van der Waals surface area contributed by atoms with E-state index in [9.17, 15) is 13.5 Å². The molecule has 0 amide bonds. The lowest BCUT2D eigenvalue weighted by Crippen LogP contribution is -2.46. The number of rotatable bonds is 2. The number of nitrogens with one attached hydrogen (secondary N) is 1. The number of nitrogens with two attached hydrogens (primary N) is 2. The van der Waals surface area contributed by atoms with E-state index in [-0.39, 0.29) is 18.9 Å². The van der Waals surface area contributed by atoms with Crippen molar-refractivity contribution in [2.24, 2.45) is 16.3 Å². The van der Waals surface area contributed by atoms with Crippen molar-refractivity contribution in [2.75, 3.05) is 13.1 Å². The highest BCUT2D eigenvalue weighted by Crippen LogP contribution is 2.62. The molecule has 0 aromatic carbocycles. The van der Waals surface area contributed by atoms with Gasteiger partial charge in [-0.3, -0.25) is 5.41 Å². The highest BCUT2D eigenvalue weighted by molar-refractivity contribution is 7.86. The molecule has 1 saturated carbocycles. The third-order valence-corrected chi connectivity index (χ3v) is 4.92. The van der Waals surface area contributed by atoms with Crippen LogP contribution in [0.2, 0.25) is 0 Å². The Bertz CT molecular complexity index is 427. The van der Waals surface area contributed by atoms with Crippen molar-refractivity contribution >= 4 is 16.0 Å². The molecule has 1 saturated heterocycles. The van der Waals surface area contributed by atoms with Gasteiger partial charge in [0.15, 0.2) is 0 Å². The first-order valence-electron chi connectivity index (χ1n) is 5.06. The Morgan fingerprint density at radius 3 is 2.19 bits per heavy atom. The Hall–Kier alpha value is -0.700. The number of hydrogen-bond donors (Lipinski definition) is 4. The van der Waals surface area contributed by atoms with Gasteiger partial charge in [0.1, 0.15) is 11.4 Å². The molecule has 0 radical (unpaired) electrons. The normalized spacial score (nSPS) is 33.9. The molecule has 16 heavy (non-hydrogen) atoms. The Morgan fingerprint density at radius 1 is 1.38 bits per heavy atom. The summed E-state index contributed by atoms with van der Waals surface area (Å²) in [6.45, 7) is 0.572. The van der Waals surface area contributed by atoms with Crippen LogP contribution in [-0.2, 0) is 10.2 Å². The molecule has 1 aliphatic heterocycles. The van der Waals surface area contributed by atoms with E-state index in [1.165, 1.54) is 4.31 Å². The quantitative estimate of drug-likeness (QED) is 0.344. The second kappa shape index (κ2) is 3.16. The van der Waals surface area contributed by atoms with Crippen LogP contribution in [0.3, 0.4) is 0 Å². The fourth-order valence-electron chi connectivity index (χ4n) is 2.59. The summed E-state index contributed by atoms with van der Waals surface area (Å²) in [7, 11) is -3.64. The summed E-state index contributed by atoms with van der Waals surface area (Å²) in [5.74, 6) is -0.225. The number of nitrogens with zero attached hydrogens (tertiary/aromatic N) is 1. The van der Waals surface area contributed by atoms with Gasteiger partial charge in [-0.1, -0.05) is 0 Å². The van der Waals surface area contributed by atoms with Gasteiger partial charge in [-0.15, -0.1) is 0 Å². The van der Waals surface area contributed by atoms with Crippen molar-refractivity contribution in [3.8, 4) is 0 Å². The van der Waals surface area contributed by atoms with E-state index >= 15 is 0 Å². The summed E-state index contributed by atoms with van der Waals surface area (Å²) < 4.78 is 23.4. The summed E-state index contributed by atoms with van der Waals surface area (Å²) in [4.78, 5) is 0. The van der Waals surface area contributed by atoms with Crippen LogP contribution >= 0.6 is 0 Å². The van der Waals surface area contributed by atoms with E-state index in [0.29, 0.717) is 19.3 Å². The van der Waals surface area contributed by atoms with Crippen LogP contribution in [0.4, 0.5) is 0 Å². The number of aliphatic hydroxyl groups is 1. The lowest BCUT2D eigenvalue weighted by Gasteiger charge is -2.31. The standard InChI is InChI=1S/C8H16N4O3S/c9-6(10)8(13)5-7(8)1-3-12(4-2-7)16(11,14)15/h13H,1-5H2,(H3,9,10)(H2,11,14,15). The van der Waals surface area contributed by atoms with Crippen LogP contribution in [0, 0.1) is 10.8 Å². The van der Waals surface area contributed by atoms with Gasteiger partial charge in [-0.05, 0) is 19.3 Å². The average molecular weight is 248 g/mol. The predicted molar refractivity (Wildman–Crippen MR) is 57.8 cm³/mol. The van der Waals surface area contributed by atoms with Gasteiger partial charge < -0.3 is 10.8 Å². The van der Waals surface area contributed by atoms with Gasteiger partial charge in [0, 0.05) is 18.5 Å². The molecule has 92 valence electrons. The van der Waals surface area contributed by atoms with E-state index in [1.807, 2.05) is 0 Å². The maximum absolute atomic E-state index is 11.1. The summed E-state index contributed by atoms with van der Waals surface area (Å²) in [5, 5.41) is 22.4. The molecule has 6 N–H and O–H groups in total. The molecule has 2 aliphatic rings. The van der Waals surface area contributed by atoms with Gasteiger partial charge >= 0.3 is 0 Å². The van der Waals surface area contributed by atoms with Crippen molar-refractivity contribution in [2.45, 2.75) is 24.9 Å². The zero-order valence-electron chi connectivity index (χ0n) is 8.81. The lowest BCUT2D eigenvalue weighted by atomic mass is 9.90. The summed E-state index contributed by atoms with van der Waals surface area (Å²) in [6.07, 6.45) is 1.45. The molecule has 0 aromatic rings. The topological polar surface area (TPSA) is 134 Å². The predicted octanol–water partition coefficient (Wildman–Crippen LogP) is -1.66. The van der Waals surface area contributed by atoms with Crippen LogP contribution in [0.15, 0.2) is 0 Å². The third-order valence-electron chi connectivity index (χ3n) is 3.83. The number of amidine groups is 1. The summed E-state index contributed by atoms with van der Waals surface area (Å²) in [5.41, 5.74) is 3.71. The van der Waals surface area contributed by atoms with E-state index in [0.717, 1.165) is 0 Å². The zero-order chi connectivity index (χ0) is 12.2. The van der Waals surface area contributed by atoms with E-state index in [4.69, 9.17) is 16.3 Å². The molecular weight excluding hydrogens is 232 g/mol. The zero-order valence-corrected chi connectivity index (χ0v) is 9.63. The minimum atomic E-state index is -3.64. The monoisotopic (exact) mass is 248 g/mol. The first-order valence-corrected chi connectivity index (χ1v) is 6.56. The maximum atomic E-state index is 11.1. The first kappa shape index (κ1) is 11.8. The second-order valence-electron chi connectivity index (χ2n) is 4.68. The molecule has 0 bridgehead atoms. The van der Waals surface area contributed by atoms with Crippen LogP contribution in [0.5, 0.6) is 0 Å². The molecule has 1 heterocycles. The maximum Gasteiger partial charge on any atom is 0.276 e. The molecule has 8 heteroatoms. The van der Waals surface area contributed by atoms with E-state index in [2.05, 4.69) is 0 Å². The van der Waals surface area contributed by atoms with Crippen molar-refractivity contribution < 1.29 is 13.5 Å². The van der Waals surface area contributed by atoms with Crippen molar-refractivity contribution in [3.05, 3.63) is 0 Å². The summed E-state index contributed by atoms with van der Waals surface area (Å²) in [6, 6.07) is 0.